The van der Waals surface area contributed by atoms with Crippen molar-refractivity contribution in [2.24, 2.45) is 7.05 Å². The van der Waals surface area contributed by atoms with Gasteiger partial charge in [-0.3, -0.25) is 0 Å². The number of aromatic nitrogens is 4. The first kappa shape index (κ1) is 14.1. The average Bonchev–Trinajstić information content (AvgIpc) is 2.84. The fraction of sp³-hybridized carbons (Fsp3) is 0.273. The predicted molar refractivity (Wildman–Crippen MR) is 68.7 cm³/mol. The summed E-state index contributed by atoms with van der Waals surface area (Å²) in [5, 5.41) is 16.2. The van der Waals surface area contributed by atoms with Gasteiger partial charge in [-0.2, -0.15) is 5.26 Å². The molecule has 104 valence electrons. The molecule has 0 amide bonds. The summed E-state index contributed by atoms with van der Waals surface area (Å²) in [5.41, 5.74) is 0.158. The molecule has 0 aromatic carbocycles. The van der Waals surface area contributed by atoms with Crippen LogP contribution in [-0.2, 0) is 17.1 Å². The number of aryl methyl sites for hydroxylation is 1. The Labute approximate surface area is 116 Å². The molecule has 8 nitrogen and oxygen atoms in total. The minimum absolute atomic E-state index is 0.00878. The second-order valence-electron chi connectivity index (χ2n) is 4.13. The number of rotatable bonds is 4. The number of hydrogen-bond donors (Lipinski definition) is 1. The zero-order valence-electron chi connectivity index (χ0n) is 10.8. The van der Waals surface area contributed by atoms with Crippen LogP contribution in [0.25, 0.3) is 0 Å². The van der Waals surface area contributed by atoms with Crippen LogP contribution in [0.15, 0.2) is 29.6 Å². The molecule has 0 saturated carbocycles. The SMILES string of the molecule is CC(NS(=O)(=O)c1ccc(C#N)nc1)c1nncn1C. The molecular weight excluding hydrogens is 280 g/mol. The van der Waals surface area contributed by atoms with Crippen LogP contribution in [0.4, 0.5) is 0 Å². The molecule has 0 bridgehead atoms. The summed E-state index contributed by atoms with van der Waals surface area (Å²) in [5.74, 6) is 0.496. The van der Waals surface area contributed by atoms with Gasteiger partial charge in [0.05, 0.1) is 6.04 Å². The van der Waals surface area contributed by atoms with Crippen molar-refractivity contribution in [3.8, 4) is 6.07 Å². The largest absolute Gasteiger partial charge is 0.319 e. The van der Waals surface area contributed by atoms with Crippen molar-refractivity contribution in [2.75, 3.05) is 0 Å². The zero-order chi connectivity index (χ0) is 14.8. The van der Waals surface area contributed by atoms with Crippen LogP contribution in [0.5, 0.6) is 0 Å². The molecule has 0 fully saturated rings. The fourth-order valence-corrected chi connectivity index (χ4v) is 2.79. The molecule has 20 heavy (non-hydrogen) atoms. The summed E-state index contributed by atoms with van der Waals surface area (Å²) in [7, 11) is -2.00. The lowest BCUT2D eigenvalue weighted by Gasteiger charge is -2.13. The van der Waals surface area contributed by atoms with Crippen molar-refractivity contribution < 1.29 is 8.42 Å². The van der Waals surface area contributed by atoms with Crippen molar-refractivity contribution in [1.29, 1.82) is 5.26 Å². The molecule has 1 unspecified atom stereocenters. The van der Waals surface area contributed by atoms with Gasteiger partial charge in [0.25, 0.3) is 0 Å². The number of nitriles is 1. The number of sulfonamides is 1. The van der Waals surface area contributed by atoms with Crippen LogP contribution < -0.4 is 4.72 Å². The predicted octanol–water partition coefficient (Wildman–Crippen LogP) is 0.121. The lowest BCUT2D eigenvalue weighted by Crippen LogP contribution is -2.28. The van der Waals surface area contributed by atoms with Gasteiger partial charge in [-0.25, -0.2) is 18.1 Å². The summed E-state index contributed by atoms with van der Waals surface area (Å²) in [6, 6.07) is 3.97. The molecule has 2 rings (SSSR count). The van der Waals surface area contributed by atoms with Crippen LogP contribution in [0.1, 0.15) is 24.5 Å². The second-order valence-corrected chi connectivity index (χ2v) is 5.85. The molecule has 2 heterocycles. The van der Waals surface area contributed by atoms with E-state index in [0.29, 0.717) is 5.82 Å². The lowest BCUT2D eigenvalue weighted by molar-refractivity contribution is 0.553. The summed E-state index contributed by atoms with van der Waals surface area (Å²) in [4.78, 5) is 3.73. The van der Waals surface area contributed by atoms with E-state index in [0.717, 1.165) is 6.20 Å². The van der Waals surface area contributed by atoms with Crippen molar-refractivity contribution in [2.45, 2.75) is 17.9 Å². The van der Waals surface area contributed by atoms with Gasteiger partial charge in [-0.05, 0) is 19.1 Å². The normalized spacial score (nSPS) is 12.8. The second kappa shape index (κ2) is 5.36. The van der Waals surface area contributed by atoms with Crippen molar-refractivity contribution >= 4 is 10.0 Å². The maximum Gasteiger partial charge on any atom is 0.242 e. The van der Waals surface area contributed by atoms with Gasteiger partial charge < -0.3 is 4.57 Å². The zero-order valence-corrected chi connectivity index (χ0v) is 11.7. The number of hydrogen-bond acceptors (Lipinski definition) is 6. The molecular formula is C11H12N6O2S. The monoisotopic (exact) mass is 292 g/mol. The van der Waals surface area contributed by atoms with E-state index in [-0.39, 0.29) is 10.6 Å². The first-order chi connectivity index (χ1) is 9.44. The topological polar surface area (TPSA) is 114 Å². The van der Waals surface area contributed by atoms with Crippen molar-refractivity contribution in [3.63, 3.8) is 0 Å². The Kier molecular flexibility index (Phi) is 3.78. The fourth-order valence-electron chi connectivity index (χ4n) is 1.64. The molecule has 1 N–H and O–H groups in total. The molecule has 0 saturated heterocycles. The highest BCUT2D eigenvalue weighted by Gasteiger charge is 2.21. The minimum atomic E-state index is -3.73. The third-order valence-corrected chi connectivity index (χ3v) is 4.15. The maximum atomic E-state index is 12.2. The average molecular weight is 292 g/mol. The van der Waals surface area contributed by atoms with E-state index in [1.807, 2.05) is 6.07 Å². The van der Waals surface area contributed by atoms with Crippen LogP contribution in [0.3, 0.4) is 0 Å². The Morgan fingerprint density at radius 2 is 2.20 bits per heavy atom. The third kappa shape index (κ3) is 2.81. The molecule has 0 aliphatic heterocycles. The van der Waals surface area contributed by atoms with Gasteiger partial charge >= 0.3 is 0 Å². The summed E-state index contributed by atoms with van der Waals surface area (Å²) >= 11 is 0. The Bertz CT molecular complexity index is 744. The van der Waals surface area contributed by atoms with E-state index < -0.39 is 16.1 Å². The van der Waals surface area contributed by atoms with Gasteiger partial charge in [-0.15, -0.1) is 10.2 Å². The highest BCUT2D eigenvalue weighted by molar-refractivity contribution is 7.89. The van der Waals surface area contributed by atoms with Crippen molar-refractivity contribution in [3.05, 3.63) is 36.2 Å². The van der Waals surface area contributed by atoms with Gasteiger partial charge in [0.2, 0.25) is 10.0 Å². The Morgan fingerprint density at radius 3 is 2.70 bits per heavy atom. The number of nitrogens with one attached hydrogen (secondary N) is 1. The van der Waals surface area contributed by atoms with Gasteiger partial charge in [0.1, 0.15) is 28.8 Å². The number of pyridine rings is 1. The molecule has 2 aromatic heterocycles. The molecule has 0 aliphatic rings. The quantitative estimate of drug-likeness (QED) is 0.856. The summed E-state index contributed by atoms with van der Waals surface area (Å²) in [6.45, 7) is 1.67. The van der Waals surface area contributed by atoms with E-state index in [1.54, 1.807) is 18.5 Å². The van der Waals surface area contributed by atoms with Gasteiger partial charge in [-0.1, -0.05) is 0 Å². The van der Waals surface area contributed by atoms with Crippen LogP contribution in [-0.4, -0.2) is 28.2 Å². The van der Waals surface area contributed by atoms with E-state index in [4.69, 9.17) is 5.26 Å². The van der Waals surface area contributed by atoms with Gasteiger partial charge in [0, 0.05) is 13.2 Å². The first-order valence-corrected chi connectivity index (χ1v) is 7.15. The first-order valence-electron chi connectivity index (χ1n) is 5.66. The third-order valence-electron chi connectivity index (χ3n) is 2.63. The molecule has 0 spiro atoms. The molecule has 9 heteroatoms. The smallest absolute Gasteiger partial charge is 0.242 e. The Hall–Kier alpha value is -2.31. The molecule has 0 aliphatic carbocycles. The van der Waals surface area contributed by atoms with Crippen LogP contribution in [0, 0.1) is 11.3 Å². The Balaban J connectivity index is 2.23. The Morgan fingerprint density at radius 1 is 1.45 bits per heavy atom. The highest BCUT2D eigenvalue weighted by Crippen LogP contribution is 2.14. The number of nitrogens with zero attached hydrogens (tertiary/aromatic N) is 5. The van der Waals surface area contributed by atoms with E-state index in [9.17, 15) is 8.42 Å². The van der Waals surface area contributed by atoms with Crippen LogP contribution in [0.2, 0.25) is 0 Å². The van der Waals surface area contributed by atoms with Crippen LogP contribution >= 0.6 is 0 Å². The molecule has 1 atom stereocenters. The van der Waals surface area contributed by atoms with E-state index in [2.05, 4.69) is 19.9 Å². The standard InChI is InChI=1S/C11H12N6O2S/c1-8(11-15-14-7-17(11)2)16-20(18,19)10-4-3-9(5-12)13-6-10/h3-4,6-8,16H,1-2H3. The summed E-state index contributed by atoms with van der Waals surface area (Å²) < 4.78 is 28.4. The van der Waals surface area contributed by atoms with Gasteiger partial charge in [0.15, 0.2) is 0 Å². The minimum Gasteiger partial charge on any atom is -0.319 e. The lowest BCUT2D eigenvalue weighted by atomic mass is 10.3. The molecule has 0 radical (unpaired) electrons. The maximum absolute atomic E-state index is 12.2. The molecule has 2 aromatic rings. The van der Waals surface area contributed by atoms with E-state index in [1.165, 1.54) is 18.5 Å². The van der Waals surface area contributed by atoms with Crippen molar-refractivity contribution in [1.82, 2.24) is 24.5 Å². The highest BCUT2D eigenvalue weighted by atomic mass is 32.2. The van der Waals surface area contributed by atoms with E-state index >= 15 is 0 Å². The summed E-state index contributed by atoms with van der Waals surface area (Å²) in [6.07, 6.45) is 2.63.